The number of carbonyl (C=O) groups is 2. The number of ether oxygens (including phenoxy) is 2. The van der Waals surface area contributed by atoms with Crippen molar-refractivity contribution in [2.24, 2.45) is 0 Å². The van der Waals surface area contributed by atoms with Gasteiger partial charge in [0.2, 0.25) is 0 Å². The zero-order valence-corrected chi connectivity index (χ0v) is 29.8. The van der Waals surface area contributed by atoms with Crippen LogP contribution in [-0.4, -0.2) is 50.6 Å². The quantitative estimate of drug-likeness (QED) is 0.0252. The molecule has 4 rings (SSSR count). The Morgan fingerprint density at radius 1 is 0.390 bits per heavy atom. The number of carbonyl (C=O) groups excluding carboxylic acids is 2. The fourth-order valence-electron chi connectivity index (χ4n) is 5.59. The molecular weight excluding hydrogens is 883 g/mol. The second-order valence-electron chi connectivity index (χ2n) is 11.6. The lowest BCUT2D eigenvalue weighted by molar-refractivity contribution is -0.144. The normalized spacial score (nSPS) is 11.4. The number of esters is 2. The van der Waals surface area contributed by atoms with Gasteiger partial charge in [-0.2, -0.15) is 0 Å². The first-order valence-corrected chi connectivity index (χ1v) is 17.1. The lowest BCUT2D eigenvalue weighted by Gasteiger charge is -2.44. The van der Waals surface area contributed by atoms with Gasteiger partial charge in [0.15, 0.2) is 69.8 Å². The summed E-state index contributed by atoms with van der Waals surface area (Å²) >= 11 is 0. The van der Waals surface area contributed by atoms with Gasteiger partial charge in [0, 0.05) is 0 Å². The van der Waals surface area contributed by atoms with Gasteiger partial charge < -0.3 is 9.47 Å². The first-order valence-electron chi connectivity index (χ1n) is 14.9. The fraction of sp³-hybridized carbons (Fsp3) is 0.152. The summed E-state index contributed by atoms with van der Waals surface area (Å²) in [5.74, 6) is -72.0. The lowest BCUT2D eigenvalue weighted by atomic mass is 9.12. The fourth-order valence-corrected chi connectivity index (χ4v) is 6.09. The van der Waals surface area contributed by atoms with Crippen molar-refractivity contribution in [3.8, 4) is 0 Å². The van der Waals surface area contributed by atoms with Crippen LogP contribution < -0.4 is 21.9 Å². The molecular formula is C33H15BF20O4S. The second kappa shape index (κ2) is 17.8. The van der Waals surface area contributed by atoms with Crippen LogP contribution in [0, 0.1) is 116 Å². The van der Waals surface area contributed by atoms with E-state index in [4.69, 9.17) is 0 Å². The number of rotatable bonds is 8. The third-order valence-corrected chi connectivity index (χ3v) is 8.97. The van der Waals surface area contributed by atoms with Crippen molar-refractivity contribution in [1.29, 1.82) is 0 Å². The summed E-state index contributed by atoms with van der Waals surface area (Å²) in [7, 11) is 2.60. The maximum absolute atomic E-state index is 15.4. The van der Waals surface area contributed by atoms with Gasteiger partial charge in [0.25, 0.3) is 0 Å². The van der Waals surface area contributed by atoms with E-state index in [1.807, 2.05) is 12.5 Å². The summed E-state index contributed by atoms with van der Waals surface area (Å²) < 4.78 is 303. The third-order valence-electron chi connectivity index (χ3n) is 8.14. The standard InChI is InChI=1S/C24BF20.C9H15O4S/c26-5-1(6(27)14(35)21(42)13(5)34)25(2-7(28)15(36)22(43)16(37)8(2)29,3-9(30)17(38)23(44)18(39)10(3)31)4-11(32)19(40)24(45)20(41)12(4)33;1-12-8(10)7(9(11)13-2)5-6-14(3)4/h;5H,6H2,1-4H3/q-1;+1. The van der Waals surface area contributed by atoms with Crippen molar-refractivity contribution in [2.75, 3.05) is 32.5 Å². The molecule has 4 aromatic rings. The van der Waals surface area contributed by atoms with E-state index < -0.39 is 156 Å². The van der Waals surface area contributed by atoms with Gasteiger partial charge >= 0.3 is 11.9 Å². The number of methoxy groups -OCH3 is 2. The molecule has 0 aromatic heterocycles. The molecule has 320 valence electrons. The molecule has 0 amide bonds. The molecule has 4 aromatic carbocycles. The van der Waals surface area contributed by atoms with Crippen molar-refractivity contribution in [3.05, 3.63) is 128 Å². The van der Waals surface area contributed by atoms with Gasteiger partial charge in [-0.3, -0.25) is 0 Å². The van der Waals surface area contributed by atoms with Gasteiger partial charge in [0.05, 0.1) is 26.7 Å². The Labute approximate surface area is 318 Å². The Morgan fingerprint density at radius 3 is 0.712 bits per heavy atom. The average molecular weight is 898 g/mol. The number of hydrogen-bond donors (Lipinski definition) is 0. The van der Waals surface area contributed by atoms with Crippen molar-refractivity contribution in [1.82, 2.24) is 0 Å². The average Bonchev–Trinajstić information content (AvgIpc) is 3.20. The Kier molecular flexibility index (Phi) is 14.5. The maximum atomic E-state index is 15.4. The maximum Gasteiger partial charge on any atom is 0.345 e. The van der Waals surface area contributed by atoms with Gasteiger partial charge in [-0.05, 0) is 17.0 Å². The zero-order chi connectivity index (χ0) is 45.5. The number of benzene rings is 4. The van der Waals surface area contributed by atoms with E-state index >= 15 is 35.1 Å². The van der Waals surface area contributed by atoms with Crippen molar-refractivity contribution >= 4 is 50.8 Å². The highest BCUT2D eigenvalue weighted by molar-refractivity contribution is 7.95. The van der Waals surface area contributed by atoms with E-state index in [1.54, 1.807) is 6.08 Å². The Hall–Kier alpha value is -5.43. The number of halogens is 20. The lowest BCUT2D eigenvalue weighted by Crippen LogP contribution is -2.81. The molecule has 0 N–H and O–H groups in total. The van der Waals surface area contributed by atoms with E-state index in [2.05, 4.69) is 9.47 Å². The molecule has 0 aliphatic heterocycles. The van der Waals surface area contributed by atoms with Crippen LogP contribution in [-0.2, 0) is 30.0 Å². The van der Waals surface area contributed by atoms with Crippen LogP contribution in [0.2, 0.25) is 0 Å². The molecule has 59 heavy (non-hydrogen) atoms. The summed E-state index contributed by atoms with van der Waals surface area (Å²) in [5, 5.41) is 0. The molecule has 0 bridgehead atoms. The topological polar surface area (TPSA) is 52.6 Å². The predicted molar refractivity (Wildman–Crippen MR) is 165 cm³/mol. The van der Waals surface area contributed by atoms with Crippen LogP contribution in [0.1, 0.15) is 0 Å². The molecule has 0 unspecified atom stereocenters. The molecule has 0 fully saturated rings. The van der Waals surface area contributed by atoms with E-state index in [1.165, 1.54) is 14.2 Å². The first kappa shape index (κ1) is 47.9. The summed E-state index contributed by atoms with van der Waals surface area (Å²) in [6, 6.07) is 0. The molecule has 26 heteroatoms. The summed E-state index contributed by atoms with van der Waals surface area (Å²) in [5.41, 5.74) is -14.4. The highest BCUT2D eigenvalue weighted by Gasteiger charge is 2.52. The molecule has 0 atom stereocenters. The second-order valence-corrected chi connectivity index (χ2v) is 13.9. The predicted octanol–water partition coefficient (Wildman–Crippen LogP) is 5.98. The highest BCUT2D eigenvalue weighted by atomic mass is 32.2. The third kappa shape index (κ3) is 7.77. The molecule has 0 saturated carbocycles. The van der Waals surface area contributed by atoms with E-state index in [-0.39, 0.29) is 16.5 Å². The molecule has 4 nitrogen and oxygen atoms in total. The summed E-state index contributed by atoms with van der Waals surface area (Å²) in [4.78, 5) is 22.3. The minimum atomic E-state index is -7.22. The van der Waals surface area contributed by atoms with Gasteiger partial charge in [-0.1, -0.05) is 0 Å². The van der Waals surface area contributed by atoms with Gasteiger partial charge in [0.1, 0.15) is 64.0 Å². The van der Waals surface area contributed by atoms with Crippen molar-refractivity contribution < 1.29 is 107 Å². The van der Waals surface area contributed by atoms with Crippen LogP contribution >= 0.6 is 0 Å². The largest absolute Gasteiger partial charge is 0.465 e. The monoisotopic (exact) mass is 898 g/mol. The van der Waals surface area contributed by atoms with Crippen LogP contribution in [0.4, 0.5) is 87.8 Å². The summed E-state index contributed by atoms with van der Waals surface area (Å²) in [6.07, 6.45) is -1.63. The van der Waals surface area contributed by atoms with Gasteiger partial charge in [-0.15, -0.1) is 21.9 Å². The molecule has 0 saturated heterocycles. The first-order chi connectivity index (χ1) is 27.2. The Bertz CT molecular complexity index is 2020. The SMILES string of the molecule is COC(=O)C(=CC[S+](C)C)C(=O)OC.Fc1c(F)c(F)c([B-](c2c(F)c(F)c(F)c(F)c2F)(c2c(F)c(F)c(F)c(F)c2F)c2c(F)c(F)c(F)c(F)c2F)c(F)c1F. The van der Waals surface area contributed by atoms with Crippen molar-refractivity contribution in [3.63, 3.8) is 0 Å². The molecule has 0 spiro atoms. The summed E-state index contributed by atoms with van der Waals surface area (Å²) in [6.45, 7) is 0. The Balaban J connectivity index is 0.000000567. The minimum Gasteiger partial charge on any atom is -0.465 e. The molecule has 0 radical (unpaired) electrons. The van der Waals surface area contributed by atoms with Gasteiger partial charge in [-0.25, -0.2) is 97.4 Å². The molecule has 0 aliphatic carbocycles. The minimum absolute atomic E-state index is 0.0313. The van der Waals surface area contributed by atoms with Crippen LogP contribution in [0.3, 0.4) is 0 Å². The van der Waals surface area contributed by atoms with Crippen molar-refractivity contribution in [2.45, 2.75) is 0 Å². The Morgan fingerprint density at radius 2 is 0.559 bits per heavy atom. The smallest absolute Gasteiger partial charge is 0.345 e. The highest BCUT2D eigenvalue weighted by Crippen LogP contribution is 2.30. The number of hydrogen-bond acceptors (Lipinski definition) is 4. The van der Waals surface area contributed by atoms with E-state index in [0.29, 0.717) is 5.75 Å². The van der Waals surface area contributed by atoms with Crippen LogP contribution in [0.5, 0.6) is 0 Å². The van der Waals surface area contributed by atoms with Crippen LogP contribution in [0.15, 0.2) is 11.6 Å². The van der Waals surface area contributed by atoms with E-state index in [0.717, 1.165) is 0 Å². The molecule has 0 aliphatic rings. The molecule has 0 heterocycles. The van der Waals surface area contributed by atoms with E-state index in [9.17, 15) is 62.3 Å². The van der Waals surface area contributed by atoms with Crippen LogP contribution in [0.25, 0.3) is 0 Å². The zero-order valence-electron chi connectivity index (χ0n) is 29.0.